The average molecular weight is 447 g/mol. The van der Waals surface area contributed by atoms with E-state index in [-0.39, 0.29) is 11.5 Å². The first-order valence-corrected chi connectivity index (χ1v) is 12.1. The molecule has 0 spiro atoms. The van der Waals surface area contributed by atoms with Crippen molar-refractivity contribution in [1.82, 2.24) is 4.90 Å². The average Bonchev–Trinajstić information content (AvgIpc) is 3.39. The maximum atomic E-state index is 14.0. The topological polar surface area (TPSA) is 59.4 Å². The van der Waals surface area contributed by atoms with Gasteiger partial charge in [-0.25, -0.2) is 4.39 Å². The van der Waals surface area contributed by atoms with Gasteiger partial charge in [0.15, 0.2) is 0 Å². The first-order chi connectivity index (χ1) is 16.0. The Morgan fingerprint density at radius 3 is 2.36 bits per heavy atom. The van der Waals surface area contributed by atoms with Gasteiger partial charge in [0.25, 0.3) is 0 Å². The molecule has 2 atom stereocenters. The van der Waals surface area contributed by atoms with Gasteiger partial charge in [0.2, 0.25) is 5.91 Å². The number of hydrogen-bond acceptors (Lipinski definition) is 4. The lowest BCUT2D eigenvalue weighted by atomic mass is 9.92. The van der Waals surface area contributed by atoms with Crippen molar-refractivity contribution in [2.45, 2.75) is 44.6 Å². The standard InChI is InChI=1S/C27H31FN4O/c1-18(33)30-27-5-3-2-4-25(27)22-12-20-14-24(15-21(20)13-22)32-10-8-31(9-11-32)23-7-6-19(17-29)26(28)16-23/h2-7,16,20-22,24H,8-15H2,1H3,(H,30,33). The van der Waals surface area contributed by atoms with E-state index in [2.05, 4.69) is 27.2 Å². The van der Waals surface area contributed by atoms with Crippen molar-refractivity contribution in [2.24, 2.45) is 11.8 Å². The molecule has 1 heterocycles. The molecule has 6 heteroatoms. The zero-order chi connectivity index (χ0) is 22.9. The summed E-state index contributed by atoms with van der Waals surface area (Å²) >= 11 is 0. The highest BCUT2D eigenvalue weighted by atomic mass is 19.1. The van der Waals surface area contributed by atoms with Crippen molar-refractivity contribution in [2.75, 3.05) is 36.4 Å². The van der Waals surface area contributed by atoms with Gasteiger partial charge in [-0.1, -0.05) is 18.2 Å². The van der Waals surface area contributed by atoms with Crippen molar-refractivity contribution >= 4 is 17.3 Å². The van der Waals surface area contributed by atoms with Gasteiger partial charge in [0.1, 0.15) is 11.9 Å². The normalized spacial score (nSPS) is 27.2. The summed E-state index contributed by atoms with van der Waals surface area (Å²) in [6.07, 6.45) is 4.94. The zero-order valence-electron chi connectivity index (χ0n) is 19.1. The number of anilines is 2. The Kier molecular flexibility index (Phi) is 6.07. The number of nitrogens with zero attached hydrogens (tertiary/aromatic N) is 3. The van der Waals surface area contributed by atoms with E-state index in [1.165, 1.54) is 37.3 Å². The molecule has 0 bridgehead atoms. The molecule has 1 amide bonds. The van der Waals surface area contributed by atoms with Crippen molar-refractivity contribution in [1.29, 1.82) is 5.26 Å². The minimum Gasteiger partial charge on any atom is -0.369 e. The highest BCUT2D eigenvalue weighted by molar-refractivity contribution is 5.89. The van der Waals surface area contributed by atoms with Crippen LogP contribution in [0, 0.1) is 29.0 Å². The van der Waals surface area contributed by atoms with Crippen LogP contribution in [0.25, 0.3) is 0 Å². The summed E-state index contributed by atoms with van der Waals surface area (Å²) in [7, 11) is 0. The Morgan fingerprint density at radius 2 is 1.73 bits per heavy atom. The van der Waals surface area contributed by atoms with Crippen LogP contribution >= 0.6 is 0 Å². The Bertz CT molecular complexity index is 1060. The number of carbonyl (C=O) groups is 1. The zero-order valence-corrected chi connectivity index (χ0v) is 19.1. The number of hydrogen-bond donors (Lipinski definition) is 1. The molecule has 2 saturated carbocycles. The van der Waals surface area contributed by atoms with Gasteiger partial charge in [-0.3, -0.25) is 9.69 Å². The van der Waals surface area contributed by atoms with E-state index in [1.807, 2.05) is 24.3 Å². The number of nitriles is 1. The Hall–Kier alpha value is -2.91. The molecule has 0 radical (unpaired) electrons. The highest BCUT2D eigenvalue weighted by Crippen LogP contribution is 2.52. The maximum Gasteiger partial charge on any atom is 0.221 e. The van der Waals surface area contributed by atoms with Crippen LogP contribution in [0.15, 0.2) is 42.5 Å². The molecule has 2 aromatic carbocycles. The van der Waals surface area contributed by atoms with E-state index >= 15 is 0 Å². The van der Waals surface area contributed by atoms with Crippen molar-refractivity contribution in [3.05, 3.63) is 59.4 Å². The summed E-state index contributed by atoms with van der Waals surface area (Å²) in [5.74, 6) is 1.61. The Balaban J connectivity index is 1.16. The molecule has 172 valence electrons. The van der Waals surface area contributed by atoms with Gasteiger partial charge in [0.05, 0.1) is 5.56 Å². The van der Waals surface area contributed by atoms with E-state index in [1.54, 1.807) is 13.0 Å². The van der Waals surface area contributed by atoms with Crippen LogP contribution in [0.2, 0.25) is 0 Å². The summed E-state index contributed by atoms with van der Waals surface area (Å²) in [6.45, 7) is 5.36. The molecule has 5 nitrogen and oxygen atoms in total. The molecule has 1 N–H and O–H groups in total. The van der Waals surface area contributed by atoms with Gasteiger partial charge in [-0.15, -0.1) is 0 Å². The van der Waals surface area contributed by atoms with Crippen molar-refractivity contribution in [3.63, 3.8) is 0 Å². The molecule has 1 aliphatic heterocycles. The molecule has 1 saturated heterocycles. The second-order valence-electron chi connectivity index (χ2n) is 9.88. The SMILES string of the molecule is CC(=O)Nc1ccccc1C1CC2CC(N3CCN(c4ccc(C#N)c(F)c4)CC3)CC2C1. The number of benzene rings is 2. The largest absolute Gasteiger partial charge is 0.369 e. The number of piperazine rings is 1. The van der Waals surface area contributed by atoms with Crippen LogP contribution in [-0.4, -0.2) is 43.0 Å². The summed E-state index contributed by atoms with van der Waals surface area (Å²) in [6, 6.07) is 15.7. The first-order valence-electron chi connectivity index (χ1n) is 12.1. The number of fused-ring (bicyclic) bond motifs is 1. The van der Waals surface area contributed by atoms with E-state index in [0.29, 0.717) is 12.0 Å². The van der Waals surface area contributed by atoms with Crippen LogP contribution < -0.4 is 10.2 Å². The lowest BCUT2D eigenvalue weighted by Gasteiger charge is -2.39. The third-order valence-electron chi connectivity index (χ3n) is 7.97. The molecule has 2 unspecified atom stereocenters. The molecule has 2 aliphatic carbocycles. The van der Waals surface area contributed by atoms with Gasteiger partial charge < -0.3 is 10.2 Å². The van der Waals surface area contributed by atoms with Crippen LogP contribution in [0.4, 0.5) is 15.8 Å². The van der Waals surface area contributed by atoms with E-state index in [9.17, 15) is 9.18 Å². The number of para-hydroxylation sites is 1. The minimum atomic E-state index is -0.435. The predicted octanol–water partition coefficient (Wildman–Crippen LogP) is 4.75. The number of rotatable bonds is 4. The molecule has 33 heavy (non-hydrogen) atoms. The summed E-state index contributed by atoms with van der Waals surface area (Å²) in [4.78, 5) is 16.5. The minimum absolute atomic E-state index is 0.0106. The monoisotopic (exact) mass is 446 g/mol. The van der Waals surface area contributed by atoms with E-state index in [4.69, 9.17) is 5.26 Å². The van der Waals surface area contributed by atoms with Gasteiger partial charge in [-0.2, -0.15) is 5.26 Å². The van der Waals surface area contributed by atoms with Gasteiger partial charge >= 0.3 is 0 Å². The van der Waals surface area contributed by atoms with E-state index < -0.39 is 5.82 Å². The third-order valence-corrected chi connectivity index (χ3v) is 7.97. The molecular formula is C27H31FN4O. The van der Waals surface area contributed by atoms with Crippen LogP contribution in [0.3, 0.4) is 0 Å². The second-order valence-corrected chi connectivity index (χ2v) is 9.88. The lowest BCUT2D eigenvalue weighted by molar-refractivity contribution is -0.114. The summed E-state index contributed by atoms with van der Waals surface area (Å²) in [5, 5.41) is 12.0. The molecule has 2 aromatic rings. The van der Waals surface area contributed by atoms with Crippen LogP contribution in [0.1, 0.15) is 49.7 Å². The maximum absolute atomic E-state index is 14.0. The first kappa shape index (κ1) is 21.9. The lowest BCUT2D eigenvalue weighted by Crippen LogP contribution is -2.50. The van der Waals surface area contributed by atoms with E-state index in [0.717, 1.165) is 49.4 Å². The Labute approximate surface area is 195 Å². The molecule has 3 fully saturated rings. The van der Waals surface area contributed by atoms with Crippen molar-refractivity contribution in [3.8, 4) is 6.07 Å². The quantitative estimate of drug-likeness (QED) is 0.736. The van der Waals surface area contributed by atoms with Crippen LogP contribution in [-0.2, 0) is 4.79 Å². The van der Waals surface area contributed by atoms with Crippen molar-refractivity contribution < 1.29 is 9.18 Å². The fourth-order valence-electron chi connectivity index (χ4n) is 6.43. The summed E-state index contributed by atoms with van der Waals surface area (Å²) < 4.78 is 14.0. The number of amides is 1. The smallest absolute Gasteiger partial charge is 0.221 e. The molecule has 5 rings (SSSR count). The van der Waals surface area contributed by atoms with Crippen LogP contribution in [0.5, 0.6) is 0 Å². The fraction of sp³-hybridized carbons (Fsp3) is 0.481. The number of carbonyl (C=O) groups excluding carboxylic acids is 1. The fourth-order valence-corrected chi connectivity index (χ4v) is 6.43. The number of nitrogens with one attached hydrogen (secondary N) is 1. The molecular weight excluding hydrogens is 415 g/mol. The predicted molar refractivity (Wildman–Crippen MR) is 128 cm³/mol. The third kappa shape index (κ3) is 4.47. The molecule has 0 aromatic heterocycles. The Morgan fingerprint density at radius 1 is 1.03 bits per heavy atom. The summed E-state index contributed by atoms with van der Waals surface area (Å²) in [5.41, 5.74) is 3.24. The highest BCUT2D eigenvalue weighted by Gasteiger charge is 2.44. The number of halogens is 1. The molecule has 3 aliphatic rings. The van der Waals surface area contributed by atoms with Gasteiger partial charge in [-0.05, 0) is 73.3 Å². The van der Waals surface area contributed by atoms with Gasteiger partial charge in [0, 0.05) is 50.5 Å². The second kappa shape index (κ2) is 9.15.